The van der Waals surface area contributed by atoms with Gasteiger partial charge in [0.15, 0.2) is 0 Å². The van der Waals surface area contributed by atoms with Crippen LogP contribution in [0.25, 0.3) is 0 Å². The van der Waals surface area contributed by atoms with E-state index in [0.29, 0.717) is 5.41 Å². The lowest BCUT2D eigenvalue weighted by atomic mass is 9.72. The molecule has 3 aliphatic carbocycles. The van der Waals surface area contributed by atoms with Gasteiger partial charge in [-0.15, -0.1) is 0 Å². The first-order chi connectivity index (χ1) is 8.83. The first-order valence-electron chi connectivity index (χ1n) is 8.26. The first kappa shape index (κ1) is 12.9. The van der Waals surface area contributed by atoms with Gasteiger partial charge >= 0.3 is 0 Å². The van der Waals surface area contributed by atoms with E-state index in [1.165, 1.54) is 70.8 Å². The van der Waals surface area contributed by atoms with Gasteiger partial charge < -0.3 is 11.1 Å². The second kappa shape index (κ2) is 5.50. The summed E-state index contributed by atoms with van der Waals surface area (Å²) in [4.78, 5) is 0. The van der Waals surface area contributed by atoms with Crippen LogP contribution in [0.4, 0.5) is 0 Å². The first-order valence-corrected chi connectivity index (χ1v) is 8.26. The minimum atomic E-state index is 0.489. The zero-order valence-corrected chi connectivity index (χ0v) is 11.8. The van der Waals surface area contributed by atoms with Crippen molar-refractivity contribution < 1.29 is 0 Å². The predicted molar refractivity (Wildman–Crippen MR) is 76.4 cm³/mol. The lowest BCUT2D eigenvalue weighted by Gasteiger charge is -2.37. The summed E-state index contributed by atoms with van der Waals surface area (Å²) >= 11 is 0. The van der Waals surface area contributed by atoms with Crippen molar-refractivity contribution in [3.05, 3.63) is 0 Å². The van der Waals surface area contributed by atoms with Crippen LogP contribution in [-0.4, -0.2) is 19.1 Å². The third kappa shape index (κ3) is 3.08. The van der Waals surface area contributed by atoms with E-state index in [1.54, 1.807) is 0 Å². The Kier molecular flexibility index (Phi) is 3.95. The van der Waals surface area contributed by atoms with E-state index in [2.05, 4.69) is 5.32 Å². The highest BCUT2D eigenvalue weighted by Gasteiger charge is 2.41. The maximum atomic E-state index is 6.07. The van der Waals surface area contributed by atoms with Gasteiger partial charge in [-0.2, -0.15) is 0 Å². The number of hydrogen-bond donors (Lipinski definition) is 2. The summed E-state index contributed by atoms with van der Waals surface area (Å²) in [5.41, 5.74) is 6.56. The maximum Gasteiger partial charge on any atom is 0.0124 e. The molecule has 18 heavy (non-hydrogen) atoms. The summed E-state index contributed by atoms with van der Waals surface area (Å²) in [6, 6.07) is 0.864. The van der Waals surface area contributed by atoms with Crippen molar-refractivity contribution in [1.82, 2.24) is 5.32 Å². The Morgan fingerprint density at radius 1 is 1.00 bits per heavy atom. The molecule has 0 bridgehead atoms. The molecule has 0 amide bonds. The molecule has 3 aliphatic rings. The Labute approximate surface area is 112 Å². The molecule has 0 radical (unpaired) electrons. The molecule has 0 saturated heterocycles. The largest absolute Gasteiger partial charge is 0.330 e. The van der Waals surface area contributed by atoms with Crippen LogP contribution in [0.15, 0.2) is 0 Å². The summed E-state index contributed by atoms with van der Waals surface area (Å²) in [6.07, 6.45) is 14.3. The van der Waals surface area contributed by atoms with E-state index in [0.717, 1.165) is 24.4 Å². The molecule has 2 heteroatoms. The molecule has 0 atom stereocenters. The molecular weight excluding hydrogens is 220 g/mol. The van der Waals surface area contributed by atoms with Gasteiger partial charge in [-0.25, -0.2) is 0 Å². The lowest BCUT2D eigenvalue weighted by molar-refractivity contribution is 0.177. The Bertz CT molecular complexity index is 250. The van der Waals surface area contributed by atoms with Crippen molar-refractivity contribution in [1.29, 1.82) is 0 Å². The van der Waals surface area contributed by atoms with Gasteiger partial charge in [0.05, 0.1) is 0 Å². The van der Waals surface area contributed by atoms with Crippen LogP contribution in [0, 0.1) is 17.3 Å². The third-order valence-corrected chi connectivity index (χ3v) is 5.64. The highest BCUT2D eigenvalue weighted by Crippen LogP contribution is 2.45. The minimum absolute atomic E-state index is 0.489. The number of nitrogens with two attached hydrogens (primary N) is 1. The molecule has 104 valence electrons. The highest BCUT2D eigenvalue weighted by atomic mass is 14.9. The number of hydrogen-bond acceptors (Lipinski definition) is 2. The molecule has 0 aromatic rings. The monoisotopic (exact) mass is 250 g/mol. The zero-order chi connectivity index (χ0) is 12.4. The Morgan fingerprint density at radius 3 is 2.11 bits per heavy atom. The van der Waals surface area contributed by atoms with Crippen LogP contribution >= 0.6 is 0 Å². The number of nitrogens with one attached hydrogen (secondary N) is 1. The molecule has 3 rings (SSSR count). The van der Waals surface area contributed by atoms with Crippen LogP contribution in [0.2, 0.25) is 0 Å². The van der Waals surface area contributed by atoms with Crippen molar-refractivity contribution in [2.24, 2.45) is 23.0 Å². The molecule has 0 aromatic carbocycles. The van der Waals surface area contributed by atoms with Crippen molar-refractivity contribution in [3.8, 4) is 0 Å². The molecule has 0 aromatic heterocycles. The van der Waals surface area contributed by atoms with E-state index in [-0.39, 0.29) is 0 Å². The van der Waals surface area contributed by atoms with Gasteiger partial charge in [-0.3, -0.25) is 0 Å². The molecule has 0 heterocycles. The van der Waals surface area contributed by atoms with E-state index in [9.17, 15) is 0 Å². The molecule has 0 aliphatic heterocycles. The predicted octanol–water partition coefficient (Wildman–Crippen LogP) is 3.06. The summed E-state index contributed by atoms with van der Waals surface area (Å²) in [5.74, 6) is 2.05. The van der Waals surface area contributed by atoms with Crippen LogP contribution in [0.1, 0.15) is 64.2 Å². The summed E-state index contributed by atoms with van der Waals surface area (Å²) in [7, 11) is 0. The van der Waals surface area contributed by atoms with Crippen molar-refractivity contribution in [3.63, 3.8) is 0 Å². The number of rotatable bonds is 7. The topological polar surface area (TPSA) is 38.0 Å². The fourth-order valence-corrected chi connectivity index (χ4v) is 3.99. The molecule has 3 saturated carbocycles. The van der Waals surface area contributed by atoms with Gasteiger partial charge in [-0.1, -0.05) is 19.3 Å². The summed E-state index contributed by atoms with van der Waals surface area (Å²) in [5, 5.41) is 3.89. The van der Waals surface area contributed by atoms with Crippen LogP contribution in [-0.2, 0) is 0 Å². The van der Waals surface area contributed by atoms with Gasteiger partial charge in [0.2, 0.25) is 0 Å². The van der Waals surface area contributed by atoms with Gasteiger partial charge in [0.1, 0.15) is 0 Å². The highest BCUT2D eigenvalue weighted by molar-refractivity contribution is 4.96. The summed E-state index contributed by atoms with van der Waals surface area (Å²) < 4.78 is 0. The van der Waals surface area contributed by atoms with Crippen molar-refractivity contribution in [2.75, 3.05) is 13.1 Å². The Morgan fingerprint density at radius 2 is 1.61 bits per heavy atom. The average molecular weight is 250 g/mol. The Hall–Kier alpha value is -0.0800. The lowest BCUT2D eigenvalue weighted by Crippen LogP contribution is -2.39. The van der Waals surface area contributed by atoms with E-state index >= 15 is 0 Å². The smallest absolute Gasteiger partial charge is 0.0124 e. The van der Waals surface area contributed by atoms with Gasteiger partial charge in [0, 0.05) is 6.04 Å². The zero-order valence-electron chi connectivity index (χ0n) is 11.8. The van der Waals surface area contributed by atoms with Crippen LogP contribution in [0.3, 0.4) is 0 Å². The molecular formula is C16H30N2. The second-order valence-corrected chi connectivity index (χ2v) is 7.17. The molecule has 0 spiro atoms. The van der Waals surface area contributed by atoms with E-state index in [1.807, 2.05) is 0 Å². The van der Waals surface area contributed by atoms with Crippen molar-refractivity contribution >= 4 is 0 Å². The molecule has 3 fully saturated rings. The van der Waals surface area contributed by atoms with Crippen LogP contribution < -0.4 is 11.1 Å². The fraction of sp³-hybridized carbons (Fsp3) is 1.00. The quantitative estimate of drug-likeness (QED) is 0.729. The van der Waals surface area contributed by atoms with Crippen LogP contribution in [0.5, 0.6) is 0 Å². The van der Waals surface area contributed by atoms with E-state index < -0.39 is 0 Å². The third-order valence-electron chi connectivity index (χ3n) is 5.64. The fourth-order valence-electron chi connectivity index (χ4n) is 3.99. The molecule has 2 nitrogen and oxygen atoms in total. The van der Waals surface area contributed by atoms with Gasteiger partial charge in [0.25, 0.3) is 0 Å². The standard InChI is InChI=1S/C16H30N2/c17-12-16(8-2-1-3-9-16)10-11-18-15(13-4-5-13)14-6-7-14/h13-15,18H,1-12,17H2. The normalized spacial score (nSPS) is 27.7. The second-order valence-electron chi connectivity index (χ2n) is 7.17. The van der Waals surface area contributed by atoms with Crippen molar-refractivity contribution in [2.45, 2.75) is 70.3 Å². The SMILES string of the molecule is NCC1(CCNC(C2CC2)C2CC2)CCCCC1. The van der Waals surface area contributed by atoms with Gasteiger partial charge in [-0.05, 0) is 75.3 Å². The summed E-state index contributed by atoms with van der Waals surface area (Å²) in [6.45, 7) is 2.13. The van der Waals surface area contributed by atoms with E-state index in [4.69, 9.17) is 5.73 Å². The molecule has 3 N–H and O–H groups in total. The molecule has 0 unspecified atom stereocenters. The Balaban J connectivity index is 1.44. The minimum Gasteiger partial charge on any atom is -0.330 e. The average Bonchev–Trinajstić information content (AvgIpc) is 3.29. The maximum absolute atomic E-state index is 6.07.